The van der Waals surface area contributed by atoms with Gasteiger partial charge in [0.15, 0.2) is 5.78 Å². The minimum absolute atomic E-state index is 0.0829. The van der Waals surface area contributed by atoms with Gasteiger partial charge in [-0.2, -0.15) is 4.98 Å². The quantitative estimate of drug-likeness (QED) is 0.541. The Balaban J connectivity index is 1.53. The van der Waals surface area contributed by atoms with Crippen LogP contribution in [0.2, 0.25) is 0 Å². The summed E-state index contributed by atoms with van der Waals surface area (Å²) >= 11 is 1.60. The predicted molar refractivity (Wildman–Crippen MR) is 126 cm³/mol. The third-order valence-electron chi connectivity index (χ3n) is 5.95. The first-order chi connectivity index (χ1) is 15.4. The second-order valence-corrected chi connectivity index (χ2v) is 10.0. The molecule has 1 aliphatic carbocycles. The van der Waals surface area contributed by atoms with Crippen molar-refractivity contribution in [3.8, 4) is 5.75 Å². The van der Waals surface area contributed by atoms with Crippen molar-refractivity contribution < 1.29 is 9.53 Å². The fraction of sp³-hybridized carbons (Fsp3) is 0.320. The summed E-state index contributed by atoms with van der Waals surface area (Å²) in [5.74, 6) is 2.43. The summed E-state index contributed by atoms with van der Waals surface area (Å²) in [7, 11) is 1.65. The zero-order valence-electron chi connectivity index (χ0n) is 18.5. The molecule has 6 nitrogen and oxygen atoms in total. The number of Topliss-reactive ketones (excluding diaryl/α,β-unsaturated/α-hetero) is 1. The average Bonchev–Trinajstić information content (AvgIpc) is 3.19. The molecule has 32 heavy (non-hydrogen) atoms. The van der Waals surface area contributed by atoms with E-state index in [-0.39, 0.29) is 17.2 Å². The van der Waals surface area contributed by atoms with Crippen LogP contribution in [0.4, 0.5) is 5.95 Å². The normalized spacial score (nSPS) is 19.2. The topological polar surface area (TPSA) is 69.0 Å². The van der Waals surface area contributed by atoms with Gasteiger partial charge in [-0.1, -0.05) is 68.1 Å². The molecule has 0 fully saturated rings. The van der Waals surface area contributed by atoms with Crippen LogP contribution in [-0.2, 0) is 10.5 Å². The Kier molecular flexibility index (Phi) is 5.29. The Morgan fingerprint density at radius 3 is 2.59 bits per heavy atom. The smallest absolute Gasteiger partial charge is 0.227 e. The number of ketones is 1. The van der Waals surface area contributed by atoms with E-state index in [2.05, 4.69) is 31.3 Å². The number of fused-ring (bicyclic) bond motifs is 1. The van der Waals surface area contributed by atoms with Crippen molar-refractivity contribution in [3.05, 3.63) is 77.0 Å². The summed E-state index contributed by atoms with van der Waals surface area (Å²) in [4.78, 5) is 18.1. The van der Waals surface area contributed by atoms with Crippen molar-refractivity contribution in [3.63, 3.8) is 0 Å². The highest BCUT2D eigenvalue weighted by molar-refractivity contribution is 7.98. The molecule has 1 unspecified atom stereocenters. The maximum Gasteiger partial charge on any atom is 0.227 e. The highest BCUT2D eigenvalue weighted by Gasteiger charge is 2.41. The molecule has 1 atom stereocenters. The van der Waals surface area contributed by atoms with Crippen LogP contribution in [0, 0.1) is 5.41 Å². The Morgan fingerprint density at radius 1 is 1.12 bits per heavy atom. The molecule has 2 heterocycles. The van der Waals surface area contributed by atoms with E-state index < -0.39 is 0 Å². The summed E-state index contributed by atoms with van der Waals surface area (Å²) in [5.41, 5.74) is 3.90. The minimum Gasteiger partial charge on any atom is -0.497 e. The van der Waals surface area contributed by atoms with E-state index in [0.717, 1.165) is 34.8 Å². The van der Waals surface area contributed by atoms with Crippen molar-refractivity contribution in [1.29, 1.82) is 0 Å². The van der Waals surface area contributed by atoms with Gasteiger partial charge in [0.1, 0.15) is 11.8 Å². The minimum atomic E-state index is -0.297. The van der Waals surface area contributed by atoms with Crippen LogP contribution in [0.25, 0.3) is 0 Å². The number of anilines is 1. The fourth-order valence-corrected chi connectivity index (χ4v) is 5.25. The van der Waals surface area contributed by atoms with Crippen LogP contribution in [0.3, 0.4) is 0 Å². The summed E-state index contributed by atoms with van der Waals surface area (Å²) in [6.45, 7) is 4.28. The molecule has 3 aromatic rings. The molecule has 2 aromatic carbocycles. The molecular formula is C25H26N4O2S. The van der Waals surface area contributed by atoms with Crippen LogP contribution in [0.15, 0.2) is 71.0 Å². The monoisotopic (exact) mass is 446 g/mol. The van der Waals surface area contributed by atoms with Gasteiger partial charge in [0.25, 0.3) is 0 Å². The van der Waals surface area contributed by atoms with Gasteiger partial charge in [-0.25, -0.2) is 4.68 Å². The van der Waals surface area contributed by atoms with E-state index in [4.69, 9.17) is 14.8 Å². The molecule has 164 valence electrons. The molecular weight excluding hydrogens is 420 g/mol. The maximum absolute atomic E-state index is 13.3. The largest absolute Gasteiger partial charge is 0.497 e. The Bertz CT molecular complexity index is 1180. The van der Waals surface area contributed by atoms with Gasteiger partial charge in [-0.15, -0.1) is 5.10 Å². The standard InChI is InChI=1S/C25H26N4O2S/c1-25(2)13-19-21(20(30)14-25)22(17-9-11-18(31-3)12-10-17)29-23(26-19)27-24(28-29)32-15-16-7-5-4-6-8-16/h4-12,22H,13-15H2,1-3H3,(H,26,27,28). The van der Waals surface area contributed by atoms with Crippen LogP contribution in [-0.4, -0.2) is 27.7 Å². The molecule has 1 aliphatic heterocycles. The third kappa shape index (κ3) is 3.93. The Morgan fingerprint density at radius 2 is 1.88 bits per heavy atom. The molecule has 0 spiro atoms. The van der Waals surface area contributed by atoms with E-state index in [0.29, 0.717) is 17.5 Å². The van der Waals surface area contributed by atoms with Gasteiger partial charge in [0.2, 0.25) is 11.1 Å². The number of methoxy groups -OCH3 is 1. The van der Waals surface area contributed by atoms with Gasteiger partial charge >= 0.3 is 0 Å². The van der Waals surface area contributed by atoms with Gasteiger partial charge < -0.3 is 10.1 Å². The number of hydrogen-bond donors (Lipinski definition) is 1. The first-order valence-corrected chi connectivity index (χ1v) is 11.7. The molecule has 1 aromatic heterocycles. The predicted octanol–water partition coefficient (Wildman–Crippen LogP) is 5.24. The molecule has 0 radical (unpaired) electrons. The molecule has 2 aliphatic rings. The fourth-order valence-electron chi connectivity index (χ4n) is 4.47. The van der Waals surface area contributed by atoms with Crippen molar-refractivity contribution in [1.82, 2.24) is 14.8 Å². The summed E-state index contributed by atoms with van der Waals surface area (Å²) in [6, 6.07) is 17.9. The van der Waals surface area contributed by atoms with Gasteiger partial charge in [-0.3, -0.25) is 4.79 Å². The van der Waals surface area contributed by atoms with E-state index in [9.17, 15) is 4.79 Å². The second kappa shape index (κ2) is 8.13. The van der Waals surface area contributed by atoms with Crippen LogP contribution < -0.4 is 10.1 Å². The van der Waals surface area contributed by atoms with Crippen molar-refractivity contribution >= 4 is 23.5 Å². The number of nitrogens with zero attached hydrogens (tertiary/aromatic N) is 3. The van der Waals surface area contributed by atoms with Gasteiger partial charge in [-0.05, 0) is 35.1 Å². The number of benzene rings is 2. The number of hydrogen-bond acceptors (Lipinski definition) is 6. The molecule has 1 N–H and O–H groups in total. The Hall–Kier alpha value is -3.06. The molecule has 0 saturated heterocycles. The van der Waals surface area contributed by atoms with Crippen molar-refractivity contribution in [2.24, 2.45) is 5.41 Å². The van der Waals surface area contributed by atoms with Crippen LogP contribution in [0.1, 0.15) is 43.9 Å². The molecule has 0 bridgehead atoms. The summed E-state index contributed by atoms with van der Waals surface area (Å²) in [6.07, 6.45) is 1.33. The first-order valence-electron chi connectivity index (χ1n) is 10.7. The average molecular weight is 447 g/mol. The van der Waals surface area contributed by atoms with Crippen molar-refractivity contribution in [2.75, 3.05) is 12.4 Å². The van der Waals surface area contributed by atoms with E-state index in [1.165, 1.54) is 5.56 Å². The number of ether oxygens (including phenoxy) is 1. The third-order valence-corrected chi connectivity index (χ3v) is 6.86. The van der Waals surface area contributed by atoms with Crippen molar-refractivity contribution in [2.45, 2.75) is 43.6 Å². The highest BCUT2D eigenvalue weighted by Crippen LogP contribution is 2.45. The zero-order chi connectivity index (χ0) is 22.3. The Labute approximate surface area is 192 Å². The number of thioether (sulfide) groups is 1. The van der Waals surface area contributed by atoms with E-state index >= 15 is 0 Å². The first kappa shape index (κ1) is 20.8. The maximum atomic E-state index is 13.3. The van der Waals surface area contributed by atoms with Gasteiger partial charge in [0.05, 0.1) is 7.11 Å². The number of rotatable bonds is 5. The molecule has 7 heteroatoms. The molecule has 5 rings (SSSR count). The van der Waals surface area contributed by atoms with Crippen LogP contribution >= 0.6 is 11.8 Å². The number of carbonyl (C=O) groups is 1. The summed E-state index contributed by atoms with van der Waals surface area (Å²) in [5, 5.41) is 8.95. The lowest BCUT2D eigenvalue weighted by atomic mass is 9.73. The number of nitrogens with one attached hydrogen (secondary N) is 1. The summed E-state index contributed by atoms with van der Waals surface area (Å²) < 4.78 is 7.19. The van der Waals surface area contributed by atoms with E-state index in [1.807, 2.05) is 47.1 Å². The SMILES string of the molecule is COc1ccc(C2C3=C(CC(C)(C)CC3=O)Nc3nc(SCc4ccccc4)nn32)cc1. The number of carbonyl (C=O) groups excluding carboxylic acids is 1. The lowest BCUT2D eigenvalue weighted by molar-refractivity contribution is -0.118. The van der Waals surface area contributed by atoms with Gasteiger partial charge in [0, 0.05) is 23.4 Å². The highest BCUT2D eigenvalue weighted by atomic mass is 32.2. The number of allylic oxidation sites excluding steroid dienone is 2. The second-order valence-electron chi connectivity index (χ2n) is 9.07. The zero-order valence-corrected chi connectivity index (χ0v) is 19.3. The van der Waals surface area contributed by atoms with Crippen LogP contribution in [0.5, 0.6) is 5.75 Å². The lowest BCUT2D eigenvalue weighted by Gasteiger charge is -2.38. The molecule has 0 saturated carbocycles. The number of aromatic nitrogens is 3. The van der Waals surface area contributed by atoms with E-state index in [1.54, 1.807) is 18.9 Å². The molecule has 0 amide bonds. The lowest BCUT2D eigenvalue weighted by Crippen LogP contribution is -2.36.